The van der Waals surface area contributed by atoms with Crippen LogP contribution in [0, 0.1) is 6.92 Å². The quantitative estimate of drug-likeness (QED) is 0.851. The van der Waals surface area contributed by atoms with E-state index in [1.54, 1.807) is 37.4 Å². The van der Waals surface area contributed by atoms with Crippen molar-refractivity contribution in [3.8, 4) is 5.75 Å². The van der Waals surface area contributed by atoms with Gasteiger partial charge in [0, 0.05) is 16.4 Å². The molecule has 2 aromatic carbocycles. The lowest BCUT2D eigenvalue weighted by molar-refractivity contribution is 0.102. The van der Waals surface area contributed by atoms with Crippen LogP contribution in [0.1, 0.15) is 15.9 Å². The fraction of sp³-hybridized carbons (Fsp3) is 0.133. The lowest BCUT2D eigenvalue weighted by atomic mass is 10.1. The Kier molecular flexibility index (Phi) is 4.15. The van der Waals surface area contributed by atoms with Crippen LogP contribution in [-0.4, -0.2) is 13.0 Å². The minimum atomic E-state index is -0.271. The maximum Gasteiger partial charge on any atom is 0.257 e. The zero-order valence-corrected chi connectivity index (χ0v) is 12.0. The van der Waals surface area contributed by atoms with Crippen LogP contribution in [-0.2, 0) is 0 Å². The summed E-state index contributed by atoms with van der Waals surface area (Å²) < 4.78 is 5.12. The predicted molar refractivity (Wildman–Crippen MR) is 81.5 cm³/mol. The summed E-state index contributed by atoms with van der Waals surface area (Å²) in [7, 11) is 1.60. The zero-order chi connectivity index (χ0) is 14.7. The molecule has 0 spiro atoms. The van der Waals surface area contributed by atoms with Crippen LogP contribution in [0.4, 0.5) is 11.4 Å². The zero-order valence-electron chi connectivity index (χ0n) is 11.2. The molecule has 0 bridgehead atoms. The average molecular weight is 291 g/mol. The van der Waals surface area contributed by atoms with Gasteiger partial charge in [0.05, 0.1) is 12.7 Å². The molecule has 0 aromatic heterocycles. The Morgan fingerprint density at radius 2 is 2.00 bits per heavy atom. The van der Waals surface area contributed by atoms with Gasteiger partial charge in [0.15, 0.2) is 0 Å². The van der Waals surface area contributed by atoms with Crippen molar-refractivity contribution in [3.63, 3.8) is 0 Å². The summed E-state index contributed by atoms with van der Waals surface area (Å²) in [6.07, 6.45) is 0. The lowest BCUT2D eigenvalue weighted by Gasteiger charge is -2.11. The molecule has 0 aliphatic carbocycles. The van der Waals surface area contributed by atoms with Gasteiger partial charge >= 0.3 is 0 Å². The number of hydrogen-bond donors (Lipinski definition) is 2. The topological polar surface area (TPSA) is 64.3 Å². The highest BCUT2D eigenvalue weighted by atomic mass is 35.5. The number of nitrogens with two attached hydrogens (primary N) is 1. The fourth-order valence-corrected chi connectivity index (χ4v) is 2.01. The van der Waals surface area contributed by atoms with Crippen LogP contribution in [0.25, 0.3) is 0 Å². The van der Waals surface area contributed by atoms with E-state index < -0.39 is 0 Å². The number of anilines is 2. The number of hydrogen-bond acceptors (Lipinski definition) is 3. The number of aryl methyl sites for hydroxylation is 1. The highest BCUT2D eigenvalue weighted by Crippen LogP contribution is 2.23. The maximum atomic E-state index is 12.2. The number of rotatable bonds is 3. The molecule has 104 valence electrons. The molecule has 0 unspecified atom stereocenters. The number of nitrogen functional groups attached to an aromatic ring is 1. The third kappa shape index (κ3) is 3.03. The molecular formula is C15H15ClN2O2. The number of carbonyl (C=O) groups is 1. The number of carbonyl (C=O) groups excluding carboxylic acids is 1. The monoisotopic (exact) mass is 290 g/mol. The normalized spacial score (nSPS) is 10.2. The van der Waals surface area contributed by atoms with Crippen molar-refractivity contribution in [3.05, 3.63) is 52.5 Å². The lowest BCUT2D eigenvalue weighted by Crippen LogP contribution is -2.14. The molecule has 2 rings (SSSR count). The molecule has 0 saturated carbocycles. The van der Waals surface area contributed by atoms with Gasteiger partial charge in [-0.1, -0.05) is 11.6 Å². The highest BCUT2D eigenvalue weighted by molar-refractivity contribution is 6.31. The fourth-order valence-electron chi connectivity index (χ4n) is 1.83. The van der Waals surface area contributed by atoms with E-state index in [4.69, 9.17) is 22.1 Å². The van der Waals surface area contributed by atoms with E-state index in [1.807, 2.05) is 13.0 Å². The van der Waals surface area contributed by atoms with Crippen molar-refractivity contribution in [2.24, 2.45) is 0 Å². The van der Waals surface area contributed by atoms with Crippen molar-refractivity contribution in [2.45, 2.75) is 6.92 Å². The van der Waals surface area contributed by atoms with Crippen LogP contribution in [0.3, 0.4) is 0 Å². The SMILES string of the molecule is COc1ccc(NC(=O)c2ccc(Cl)cc2N)c(C)c1. The summed E-state index contributed by atoms with van der Waals surface area (Å²) in [5, 5.41) is 3.32. The summed E-state index contributed by atoms with van der Waals surface area (Å²) >= 11 is 5.81. The Morgan fingerprint density at radius 3 is 2.60 bits per heavy atom. The standard InChI is InChI=1S/C15H15ClN2O2/c1-9-7-11(20-2)4-6-14(9)18-15(19)12-5-3-10(16)8-13(12)17/h3-8H,17H2,1-2H3,(H,18,19). The van der Waals surface area contributed by atoms with E-state index in [9.17, 15) is 4.79 Å². The summed E-state index contributed by atoms with van der Waals surface area (Å²) in [5.41, 5.74) is 8.16. The van der Waals surface area contributed by atoms with Crippen molar-refractivity contribution in [1.29, 1.82) is 0 Å². The maximum absolute atomic E-state index is 12.2. The van der Waals surface area contributed by atoms with Gasteiger partial charge in [0.2, 0.25) is 0 Å². The molecule has 5 heteroatoms. The van der Waals surface area contributed by atoms with Crippen molar-refractivity contribution < 1.29 is 9.53 Å². The molecule has 0 aliphatic heterocycles. The van der Waals surface area contributed by atoms with E-state index in [0.717, 1.165) is 11.3 Å². The molecule has 20 heavy (non-hydrogen) atoms. The average Bonchev–Trinajstić information content (AvgIpc) is 2.40. The van der Waals surface area contributed by atoms with Crippen molar-refractivity contribution >= 4 is 28.9 Å². The minimum Gasteiger partial charge on any atom is -0.497 e. The molecule has 0 fully saturated rings. The summed E-state index contributed by atoms with van der Waals surface area (Å²) in [6, 6.07) is 10.2. The second-order valence-electron chi connectivity index (χ2n) is 4.37. The molecule has 1 amide bonds. The Labute approximate surface area is 122 Å². The first-order valence-corrected chi connectivity index (χ1v) is 6.40. The molecule has 0 heterocycles. The van der Waals surface area contributed by atoms with E-state index >= 15 is 0 Å². The Morgan fingerprint density at radius 1 is 1.25 bits per heavy atom. The van der Waals surface area contributed by atoms with E-state index in [-0.39, 0.29) is 5.91 Å². The Balaban J connectivity index is 2.23. The van der Waals surface area contributed by atoms with E-state index in [2.05, 4.69) is 5.32 Å². The van der Waals surface area contributed by atoms with Crippen LogP contribution < -0.4 is 15.8 Å². The first-order valence-electron chi connectivity index (χ1n) is 6.02. The van der Waals surface area contributed by atoms with Gasteiger partial charge in [-0.05, 0) is 48.9 Å². The largest absolute Gasteiger partial charge is 0.497 e. The Bertz CT molecular complexity index is 656. The third-order valence-electron chi connectivity index (χ3n) is 2.94. The number of benzene rings is 2. The van der Waals surface area contributed by atoms with Gasteiger partial charge in [-0.15, -0.1) is 0 Å². The highest BCUT2D eigenvalue weighted by Gasteiger charge is 2.11. The molecule has 2 aromatic rings. The summed E-state index contributed by atoms with van der Waals surface area (Å²) in [4.78, 5) is 12.2. The predicted octanol–water partition coefficient (Wildman–Crippen LogP) is 3.49. The van der Waals surface area contributed by atoms with Crippen LogP contribution >= 0.6 is 11.6 Å². The first-order chi connectivity index (χ1) is 9.51. The molecule has 0 radical (unpaired) electrons. The van der Waals surface area contributed by atoms with Crippen molar-refractivity contribution in [1.82, 2.24) is 0 Å². The number of ether oxygens (including phenoxy) is 1. The molecule has 0 saturated heterocycles. The van der Waals surface area contributed by atoms with E-state index in [1.165, 1.54) is 0 Å². The van der Waals surface area contributed by atoms with Gasteiger partial charge in [0.1, 0.15) is 5.75 Å². The van der Waals surface area contributed by atoms with Crippen molar-refractivity contribution in [2.75, 3.05) is 18.2 Å². The van der Waals surface area contributed by atoms with Crippen LogP contribution in [0.15, 0.2) is 36.4 Å². The molecule has 0 aliphatic rings. The van der Waals surface area contributed by atoms with Gasteiger partial charge in [-0.25, -0.2) is 0 Å². The van der Waals surface area contributed by atoms with Crippen LogP contribution in [0.5, 0.6) is 5.75 Å². The van der Waals surface area contributed by atoms with Gasteiger partial charge in [0.25, 0.3) is 5.91 Å². The second kappa shape index (κ2) is 5.84. The first kappa shape index (κ1) is 14.2. The summed E-state index contributed by atoms with van der Waals surface area (Å²) in [5.74, 6) is 0.471. The molecule has 3 N–H and O–H groups in total. The number of amides is 1. The summed E-state index contributed by atoms with van der Waals surface area (Å²) in [6.45, 7) is 1.89. The smallest absolute Gasteiger partial charge is 0.257 e. The number of nitrogens with one attached hydrogen (secondary N) is 1. The number of halogens is 1. The molecule has 4 nitrogen and oxygen atoms in total. The van der Waals surface area contributed by atoms with Gasteiger partial charge in [-0.3, -0.25) is 4.79 Å². The molecular weight excluding hydrogens is 276 g/mol. The third-order valence-corrected chi connectivity index (χ3v) is 3.18. The molecule has 0 atom stereocenters. The van der Waals surface area contributed by atoms with Crippen LogP contribution in [0.2, 0.25) is 5.02 Å². The second-order valence-corrected chi connectivity index (χ2v) is 4.80. The minimum absolute atomic E-state index is 0.271. The van der Waals surface area contributed by atoms with Gasteiger partial charge in [-0.2, -0.15) is 0 Å². The van der Waals surface area contributed by atoms with E-state index in [0.29, 0.717) is 22.0 Å². The van der Waals surface area contributed by atoms with Gasteiger partial charge < -0.3 is 15.8 Å². The Hall–Kier alpha value is -2.20. The number of methoxy groups -OCH3 is 1.